The molecule has 7 heteroatoms. The van der Waals surface area contributed by atoms with Gasteiger partial charge in [-0.25, -0.2) is 0 Å². The topological polar surface area (TPSA) is 90.1 Å². The molecule has 1 aliphatic rings. The molecule has 1 aromatic heterocycles. The molecular formula is C13H20N4O3. The zero-order valence-electron chi connectivity index (χ0n) is 11.8. The number of hydrogen-bond acceptors (Lipinski definition) is 4. The van der Waals surface area contributed by atoms with Gasteiger partial charge in [-0.15, -0.1) is 0 Å². The Labute approximate surface area is 117 Å². The molecule has 1 saturated carbocycles. The van der Waals surface area contributed by atoms with Gasteiger partial charge in [0.25, 0.3) is 0 Å². The summed E-state index contributed by atoms with van der Waals surface area (Å²) >= 11 is 0. The lowest BCUT2D eigenvalue weighted by Crippen LogP contribution is -2.44. The number of nitrogens with zero attached hydrogens (tertiary/aromatic N) is 3. The van der Waals surface area contributed by atoms with E-state index < -0.39 is 4.92 Å². The number of nitrogens with one attached hydrogen (secondary N) is 1. The summed E-state index contributed by atoms with van der Waals surface area (Å²) in [5, 5.41) is 17.3. The van der Waals surface area contributed by atoms with Gasteiger partial charge in [-0.3, -0.25) is 4.79 Å². The fourth-order valence-electron chi connectivity index (χ4n) is 2.72. The summed E-state index contributed by atoms with van der Waals surface area (Å²) < 4.78 is 1.30. The van der Waals surface area contributed by atoms with Crippen molar-refractivity contribution in [3.8, 4) is 0 Å². The molecule has 1 aromatic rings. The second-order valence-corrected chi connectivity index (χ2v) is 5.57. The molecule has 2 rings (SSSR count). The van der Waals surface area contributed by atoms with Crippen LogP contribution in [0.2, 0.25) is 0 Å². The number of rotatable bonds is 4. The summed E-state index contributed by atoms with van der Waals surface area (Å²) in [4.78, 5) is 21.9. The Hall–Kier alpha value is -1.92. The Balaban J connectivity index is 1.90. The van der Waals surface area contributed by atoms with E-state index in [1.54, 1.807) is 0 Å². The van der Waals surface area contributed by atoms with Crippen LogP contribution < -0.4 is 5.32 Å². The first-order valence-corrected chi connectivity index (χ1v) is 6.94. The summed E-state index contributed by atoms with van der Waals surface area (Å²) in [7, 11) is 0. The highest BCUT2D eigenvalue weighted by molar-refractivity contribution is 5.76. The molecule has 110 valence electrons. The van der Waals surface area contributed by atoms with E-state index in [4.69, 9.17) is 0 Å². The van der Waals surface area contributed by atoms with E-state index in [-0.39, 0.29) is 24.3 Å². The molecular weight excluding hydrogens is 260 g/mol. The zero-order chi connectivity index (χ0) is 14.7. The van der Waals surface area contributed by atoms with Gasteiger partial charge in [0, 0.05) is 6.04 Å². The van der Waals surface area contributed by atoms with Crippen LogP contribution in [0.1, 0.15) is 33.1 Å². The van der Waals surface area contributed by atoms with Crippen LogP contribution in [0.3, 0.4) is 0 Å². The second-order valence-electron chi connectivity index (χ2n) is 5.57. The largest absolute Gasteiger partial charge is 0.389 e. The maximum Gasteiger partial charge on any atom is 0.389 e. The van der Waals surface area contributed by atoms with E-state index in [0.717, 1.165) is 12.8 Å². The van der Waals surface area contributed by atoms with Gasteiger partial charge in [0.15, 0.2) is 0 Å². The number of nitro groups is 1. The molecule has 1 heterocycles. The number of hydrogen-bond donors (Lipinski definition) is 1. The van der Waals surface area contributed by atoms with Gasteiger partial charge >= 0.3 is 5.82 Å². The molecule has 1 amide bonds. The smallest absolute Gasteiger partial charge is 0.358 e. The zero-order valence-corrected chi connectivity index (χ0v) is 11.8. The Morgan fingerprint density at radius 1 is 1.55 bits per heavy atom. The van der Waals surface area contributed by atoms with Gasteiger partial charge < -0.3 is 15.4 Å². The van der Waals surface area contributed by atoms with E-state index in [1.807, 2.05) is 0 Å². The van der Waals surface area contributed by atoms with Crippen LogP contribution in [0, 0.1) is 22.0 Å². The summed E-state index contributed by atoms with van der Waals surface area (Å²) in [6, 6.07) is 1.48. The predicted molar refractivity (Wildman–Crippen MR) is 73.0 cm³/mol. The molecule has 20 heavy (non-hydrogen) atoms. The third-order valence-electron chi connectivity index (χ3n) is 4.17. The van der Waals surface area contributed by atoms with Crippen LogP contribution in [0.15, 0.2) is 12.3 Å². The highest BCUT2D eigenvalue weighted by Crippen LogP contribution is 2.29. The van der Waals surface area contributed by atoms with E-state index >= 15 is 0 Å². The quantitative estimate of drug-likeness (QED) is 0.671. The minimum absolute atomic E-state index is 0.0193. The van der Waals surface area contributed by atoms with Gasteiger partial charge in [-0.1, -0.05) is 26.7 Å². The molecule has 0 radical (unpaired) electrons. The van der Waals surface area contributed by atoms with Gasteiger partial charge in [0.2, 0.25) is 5.91 Å². The molecule has 1 N–H and O–H groups in total. The van der Waals surface area contributed by atoms with E-state index in [2.05, 4.69) is 24.3 Å². The summed E-state index contributed by atoms with van der Waals surface area (Å²) in [5.41, 5.74) is 0. The van der Waals surface area contributed by atoms with Gasteiger partial charge in [0.1, 0.15) is 6.54 Å². The maximum atomic E-state index is 12.0. The van der Waals surface area contributed by atoms with Crippen LogP contribution in [-0.4, -0.2) is 26.7 Å². The lowest BCUT2D eigenvalue weighted by molar-refractivity contribution is -0.389. The highest BCUT2D eigenvalue weighted by Gasteiger charge is 2.28. The van der Waals surface area contributed by atoms with Crippen molar-refractivity contribution in [3.05, 3.63) is 22.4 Å². The van der Waals surface area contributed by atoms with Crippen molar-refractivity contribution in [2.24, 2.45) is 11.8 Å². The standard InChI is InChI=1S/C13H20N4O3/c1-9-4-3-5-11(10(9)2)14-13(18)8-16-7-6-12(15-16)17(19)20/h6-7,9-11H,3-5,8H2,1-2H3,(H,14,18)/t9-,10+,11-/m1/s1. The van der Waals surface area contributed by atoms with Crippen LogP contribution in [0.5, 0.6) is 0 Å². The summed E-state index contributed by atoms with van der Waals surface area (Å²) in [6.45, 7) is 4.39. The van der Waals surface area contributed by atoms with E-state index in [0.29, 0.717) is 11.8 Å². The number of carbonyl (C=O) groups excluding carboxylic acids is 1. The van der Waals surface area contributed by atoms with Crippen molar-refractivity contribution in [3.63, 3.8) is 0 Å². The fraction of sp³-hybridized carbons (Fsp3) is 0.692. The van der Waals surface area contributed by atoms with Crippen LogP contribution in [0.25, 0.3) is 0 Å². The maximum absolute atomic E-state index is 12.0. The number of aromatic nitrogens is 2. The lowest BCUT2D eigenvalue weighted by Gasteiger charge is -2.34. The minimum Gasteiger partial charge on any atom is -0.358 e. The van der Waals surface area contributed by atoms with E-state index in [9.17, 15) is 14.9 Å². The van der Waals surface area contributed by atoms with Crippen molar-refractivity contribution in [1.82, 2.24) is 15.1 Å². The Morgan fingerprint density at radius 2 is 2.30 bits per heavy atom. The second kappa shape index (κ2) is 6.02. The molecule has 7 nitrogen and oxygen atoms in total. The first-order valence-electron chi connectivity index (χ1n) is 6.94. The van der Waals surface area contributed by atoms with Gasteiger partial charge in [-0.05, 0) is 23.2 Å². The van der Waals surface area contributed by atoms with Gasteiger partial charge in [-0.2, -0.15) is 4.68 Å². The average Bonchev–Trinajstić information content (AvgIpc) is 2.83. The van der Waals surface area contributed by atoms with Crippen molar-refractivity contribution in [2.75, 3.05) is 0 Å². The molecule has 0 spiro atoms. The van der Waals surface area contributed by atoms with Crippen molar-refractivity contribution < 1.29 is 9.72 Å². The van der Waals surface area contributed by atoms with Crippen molar-refractivity contribution in [1.29, 1.82) is 0 Å². The molecule has 0 aliphatic heterocycles. The van der Waals surface area contributed by atoms with Crippen molar-refractivity contribution in [2.45, 2.75) is 45.7 Å². The number of amides is 1. The van der Waals surface area contributed by atoms with Crippen LogP contribution in [0.4, 0.5) is 5.82 Å². The lowest BCUT2D eigenvalue weighted by atomic mass is 9.78. The van der Waals surface area contributed by atoms with E-state index in [1.165, 1.54) is 23.4 Å². The summed E-state index contributed by atoms with van der Waals surface area (Å²) in [5.74, 6) is 0.686. The fourth-order valence-corrected chi connectivity index (χ4v) is 2.72. The molecule has 1 aliphatic carbocycles. The molecule has 0 aromatic carbocycles. The van der Waals surface area contributed by atoms with Crippen molar-refractivity contribution >= 4 is 11.7 Å². The molecule has 1 fully saturated rings. The van der Waals surface area contributed by atoms with Crippen LogP contribution >= 0.6 is 0 Å². The average molecular weight is 280 g/mol. The third kappa shape index (κ3) is 3.34. The Bertz CT molecular complexity index is 500. The number of carbonyl (C=O) groups is 1. The monoisotopic (exact) mass is 280 g/mol. The first kappa shape index (κ1) is 14.5. The molecule has 0 bridgehead atoms. The first-order chi connectivity index (χ1) is 9.47. The molecule has 0 unspecified atom stereocenters. The molecule has 0 saturated heterocycles. The SMILES string of the molecule is C[C@H]1[C@H](C)CCC[C@H]1NC(=O)Cn1ccc([N+](=O)[O-])n1. The van der Waals surface area contributed by atoms with Crippen LogP contribution in [-0.2, 0) is 11.3 Å². The highest BCUT2D eigenvalue weighted by atomic mass is 16.6. The predicted octanol–water partition coefficient (Wildman–Crippen LogP) is 1.73. The Morgan fingerprint density at radius 3 is 2.95 bits per heavy atom. The molecule has 3 atom stereocenters. The summed E-state index contributed by atoms with van der Waals surface area (Å²) in [6.07, 6.45) is 4.78. The third-order valence-corrected chi connectivity index (χ3v) is 4.17. The van der Waals surface area contributed by atoms with Gasteiger partial charge in [0.05, 0.1) is 17.4 Å². The normalized spacial score (nSPS) is 26.2. The Kier molecular flexibility index (Phi) is 4.36. The minimum atomic E-state index is -0.570.